The molecule has 0 bridgehead atoms. The third-order valence-corrected chi connectivity index (χ3v) is 10.3. The predicted octanol–water partition coefficient (Wildman–Crippen LogP) is 5.67. The van der Waals surface area contributed by atoms with Crippen molar-refractivity contribution in [2.45, 2.75) is 68.0 Å². The van der Waals surface area contributed by atoms with Crippen molar-refractivity contribution in [2.24, 2.45) is 0 Å². The van der Waals surface area contributed by atoms with Crippen molar-refractivity contribution in [1.29, 1.82) is 0 Å². The van der Waals surface area contributed by atoms with Crippen LogP contribution in [-0.2, 0) is 5.41 Å². The van der Waals surface area contributed by atoms with Gasteiger partial charge in [0.25, 0.3) is 0 Å². The Morgan fingerprint density at radius 1 is 1.12 bits per heavy atom. The Balaban J connectivity index is 1.18. The maximum Gasteiger partial charge on any atom is 0.320 e. The molecular formula is C30H28ClFN6O2. The minimum atomic E-state index is -0.831. The van der Waals surface area contributed by atoms with Crippen molar-refractivity contribution in [1.82, 2.24) is 30.0 Å². The molecule has 8 nitrogen and oxygen atoms in total. The Morgan fingerprint density at radius 2 is 2.00 bits per heavy atom. The van der Waals surface area contributed by atoms with E-state index in [0.29, 0.717) is 31.1 Å². The van der Waals surface area contributed by atoms with Gasteiger partial charge in [-0.2, -0.15) is 15.1 Å². The van der Waals surface area contributed by atoms with E-state index in [1.165, 1.54) is 0 Å². The third kappa shape index (κ3) is 3.10. The van der Waals surface area contributed by atoms with E-state index in [9.17, 15) is 9.50 Å². The number of aromatic nitrogens is 5. The van der Waals surface area contributed by atoms with Gasteiger partial charge in [0.05, 0.1) is 28.5 Å². The van der Waals surface area contributed by atoms with Gasteiger partial charge >= 0.3 is 6.01 Å². The highest BCUT2D eigenvalue weighted by atomic mass is 35.5. The molecule has 0 radical (unpaired) electrons. The van der Waals surface area contributed by atoms with Gasteiger partial charge in [0, 0.05) is 52.3 Å². The molecule has 5 heterocycles. The molecule has 5 aliphatic rings. The normalized spacial score (nSPS) is 25.9. The summed E-state index contributed by atoms with van der Waals surface area (Å²) in [7, 11) is 0. The monoisotopic (exact) mass is 558 g/mol. The number of aromatic hydroxyl groups is 1. The second-order valence-corrected chi connectivity index (χ2v) is 12.8. The Kier molecular flexibility index (Phi) is 4.63. The molecule has 2 N–H and O–H groups in total. The fourth-order valence-electron chi connectivity index (χ4n) is 7.89. The van der Waals surface area contributed by atoms with E-state index in [2.05, 4.69) is 20.1 Å². The second kappa shape index (κ2) is 7.91. The number of hydrogen-bond donors (Lipinski definition) is 2. The van der Waals surface area contributed by atoms with Crippen molar-refractivity contribution in [3.8, 4) is 34.1 Å². The van der Waals surface area contributed by atoms with E-state index in [1.807, 2.05) is 24.7 Å². The molecule has 9 rings (SSSR count). The molecule has 4 fully saturated rings. The standard InChI is InChI=1S/C30H28ClFN6O2/c31-20-8-21-17(11-34-37-21)23(22(20)15-2-3-15)18-10-33-12-19-24(18)25-26(30(19)5-6-30)35-28(36-27(25)39)40-14-29-4-1-7-38(29)13-16(32)9-29/h8,10-12,15-16H,1-7,9,13-14H2,(H,34,37)(H,35,36,39)/t16-,29+/m1/s1. The average molecular weight is 559 g/mol. The van der Waals surface area contributed by atoms with Gasteiger partial charge in [0.15, 0.2) is 0 Å². The Bertz CT molecular complexity index is 1730. The predicted molar refractivity (Wildman–Crippen MR) is 148 cm³/mol. The number of aromatic amines is 1. The lowest BCUT2D eigenvalue weighted by atomic mass is 9.88. The number of rotatable bonds is 5. The van der Waals surface area contributed by atoms with E-state index >= 15 is 0 Å². The van der Waals surface area contributed by atoms with Gasteiger partial charge in [-0.15, -0.1) is 0 Å². The zero-order valence-electron chi connectivity index (χ0n) is 21.9. The molecule has 2 saturated carbocycles. The molecule has 40 heavy (non-hydrogen) atoms. The lowest BCUT2D eigenvalue weighted by molar-refractivity contribution is 0.106. The van der Waals surface area contributed by atoms with Gasteiger partial charge < -0.3 is 9.84 Å². The Morgan fingerprint density at radius 3 is 2.83 bits per heavy atom. The maximum atomic E-state index is 14.3. The number of ether oxygens (including phenoxy) is 1. The molecule has 0 unspecified atom stereocenters. The van der Waals surface area contributed by atoms with Crippen LogP contribution in [0.3, 0.4) is 0 Å². The van der Waals surface area contributed by atoms with E-state index in [-0.39, 0.29) is 22.8 Å². The molecular weight excluding hydrogens is 531 g/mol. The van der Waals surface area contributed by atoms with Crippen LogP contribution in [0.2, 0.25) is 5.02 Å². The summed E-state index contributed by atoms with van der Waals surface area (Å²) in [6, 6.07) is 2.12. The highest BCUT2D eigenvalue weighted by molar-refractivity contribution is 6.33. The Hall–Kier alpha value is -3.30. The second-order valence-electron chi connectivity index (χ2n) is 12.4. The number of hydrogen-bond acceptors (Lipinski definition) is 7. The van der Waals surface area contributed by atoms with Crippen molar-refractivity contribution < 1.29 is 14.2 Å². The molecule has 4 aromatic rings. The van der Waals surface area contributed by atoms with Gasteiger partial charge in [0.1, 0.15) is 12.8 Å². The number of benzene rings is 1. The summed E-state index contributed by atoms with van der Waals surface area (Å²) in [6.45, 7) is 1.68. The van der Waals surface area contributed by atoms with Gasteiger partial charge in [-0.25, -0.2) is 4.39 Å². The number of pyridine rings is 1. The quantitative estimate of drug-likeness (QED) is 0.326. The SMILES string of the molecule is Oc1nc(OC[C@@]23CCCN2C[C@H](F)C3)nc2c1-c1c(-c3c(C4CC4)c(Cl)cc4[nH]ncc34)cncc1C21CC1. The van der Waals surface area contributed by atoms with Crippen molar-refractivity contribution in [3.05, 3.63) is 46.5 Å². The third-order valence-electron chi connectivity index (χ3n) is 10.0. The number of alkyl halides is 1. The molecule has 0 amide bonds. The van der Waals surface area contributed by atoms with Crippen LogP contribution in [0.15, 0.2) is 24.7 Å². The van der Waals surface area contributed by atoms with Crippen LogP contribution in [-0.4, -0.2) is 66.6 Å². The van der Waals surface area contributed by atoms with Gasteiger partial charge in [0.2, 0.25) is 5.88 Å². The first-order chi connectivity index (χ1) is 19.5. The smallest absolute Gasteiger partial charge is 0.320 e. The number of nitrogens with one attached hydrogen (secondary N) is 1. The fourth-order valence-corrected chi connectivity index (χ4v) is 8.25. The molecule has 3 aliphatic carbocycles. The first-order valence-electron chi connectivity index (χ1n) is 14.3. The molecule has 1 spiro atoms. The zero-order chi connectivity index (χ0) is 26.8. The molecule has 2 saturated heterocycles. The molecule has 10 heteroatoms. The number of fused-ring (bicyclic) bond motifs is 7. The summed E-state index contributed by atoms with van der Waals surface area (Å²) >= 11 is 6.87. The van der Waals surface area contributed by atoms with Crippen LogP contribution in [0.5, 0.6) is 11.9 Å². The van der Waals surface area contributed by atoms with Crippen LogP contribution < -0.4 is 4.74 Å². The lowest BCUT2D eigenvalue weighted by Crippen LogP contribution is -2.43. The minimum Gasteiger partial charge on any atom is -0.493 e. The lowest BCUT2D eigenvalue weighted by Gasteiger charge is -2.30. The average Bonchev–Trinajstić information content (AvgIpc) is 3.79. The molecule has 204 valence electrons. The van der Waals surface area contributed by atoms with E-state index in [1.54, 1.807) is 0 Å². The first-order valence-corrected chi connectivity index (χ1v) is 14.6. The fraction of sp³-hybridized carbons (Fsp3) is 0.467. The van der Waals surface area contributed by atoms with Crippen molar-refractivity contribution in [2.75, 3.05) is 19.7 Å². The number of halogens is 2. The zero-order valence-corrected chi connectivity index (χ0v) is 22.6. The summed E-state index contributed by atoms with van der Waals surface area (Å²) in [5, 5.41) is 20.6. The highest BCUT2D eigenvalue weighted by Gasteiger charge is 2.56. The number of H-pyrrole nitrogens is 1. The van der Waals surface area contributed by atoms with Crippen LogP contribution in [0, 0.1) is 0 Å². The largest absolute Gasteiger partial charge is 0.493 e. The van der Waals surface area contributed by atoms with Gasteiger partial charge in [-0.05, 0) is 73.7 Å². The summed E-state index contributed by atoms with van der Waals surface area (Å²) in [5.41, 5.74) is 6.76. The molecule has 3 aromatic heterocycles. The van der Waals surface area contributed by atoms with Crippen LogP contribution in [0.4, 0.5) is 4.39 Å². The van der Waals surface area contributed by atoms with Crippen molar-refractivity contribution in [3.63, 3.8) is 0 Å². The van der Waals surface area contributed by atoms with Crippen LogP contribution in [0.25, 0.3) is 33.2 Å². The van der Waals surface area contributed by atoms with Crippen LogP contribution in [0.1, 0.15) is 67.7 Å². The highest BCUT2D eigenvalue weighted by Crippen LogP contribution is 2.65. The summed E-state index contributed by atoms with van der Waals surface area (Å²) in [6.07, 6.45) is 11.2. The van der Waals surface area contributed by atoms with Crippen molar-refractivity contribution >= 4 is 22.5 Å². The topological polar surface area (TPSA) is 100 Å². The minimum absolute atomic E-state index is 0.0912. The van der Waals surface area contributed by atoms with Gasteiger partial charge in [-0.3, -0.25) is 15.0 Å². The molecule has 1 aromatic carbocycles. The first kappa shape index (κ1) is 23.4. The van der Waals surface area contributed by atoms with Gasteiger partial charge in [-0.1, -0.05) is 11.6 Å². The van der Waals surface area contributed by atoms with E-state index < -0.39 is 6.17 Å². The summed E-state index contributed by atoms with van der Waals surface area (Å²) in [5.74, 6) is 0.301. The van der Waals surface area contributed by atoms with E-state index in [0.717, 1.165) is 94.5 Å². The molecule has 2 aliphatic heterocycles. The number of nitrogens with zero attached hydrogens (tertiary/aromatic N) is 5. The maximum absolute atomic E-state index is 14.3. The molecule has 2 atom stereocenters. The Labute approximate surface area is 234 Å². The van der Waals surface area contributed by atoms with Crippen LogP contribution >= 0.6 is 11.6 Å². The summed E-state index contributed by atoms with van der Waals surface area (Å²) in [4.78, 5) is 16.3. The summed E-state index contributed by atoms with van der Waals surface area (Å²) < 4.78 is 20.5. The van der Waals surface area contributed by atoms with E-state index in [4.69, 9.17) is 26.3 Å².